The first-order valence-electron chi connectivity index (χ1n) is 7.09. The van der Waals surface area contributed by atoms with Gasteiger partial charge in [-0.05, 0) is 48.2 Å². The maximum absolute atomic E-state index is 13.0. The normalized spacial score (nSPS) is 12.6. The predicted molar refractivity (Wildman–Crippen MR) is 93.1 cm³/mol. The molecule has 0 fully saturated rings. The van der Waals surface area contributed by atoms with E-state index in [4.69, 9.17) is 0 Å². The van der Waals surface area contributed by atoms with Gasteiger partial charge in [-0.25, -0.2) is 9.19 Å². The number of benzene rings is 1. The van der Waals surface area contributed by atoms with Crippen LogP contribution in [0.2, 0.25) is 0 Å². The van der Waals surface area contributed by atoms with Crippen LogP contribution in [0.4, 0.5) is 0 Å². The molecule has 0 radical (unpaired) electrons. The first kappa shape index (κ1) is 14.3. The van der Waals surface area contributed by atoms with E-state index in [-0.39, 0.29) is 0 Å². The molecule has 0 saturated heterocycles. The number of pyridine rings is 1. The van der Waals surface area contributed by atoms with Crippen LogP contribution in [0.3, 0.4) is 0 Å². The average molecular weight is 339 g/mol. The summed E-state index contributed by atoms with van der Waals surface area (Å²) in [5, 5.41) is 2.41. The number of aromatic amines is 1. The molecule has 4 aromatic rings. The van der Waals surface area contributed by atoms with Gasteiger partial charge in [-0.3, -0.25) is 4.98 Å². The Morgan fingerprint density at radius 3 is 2.91 bits per heavy atom. The van der Waals surface area contributed by atoms with Crippen molar-refractivity contribution < 1.29 is 4.21 Å². The van der Waals surface area contributed by atoms with Crippen LogP contribution in [-0.4, -0.2) is 19.2 Å². The fourth-order valence-electron chi connectivity index (χ4n) is 2.43. The number of hydrogen-bond acceptors (Lipinski definition) is 4. The van der Waals surface area contributed by atoms with Crippen molar-refractivity contribution in [3.8, 4) is 11.3 Å². The summed E-state index contributed by atoms with van der Waals surface area (Å²) in [4.78, 5) is 12.0. The SMILES string of the molecule is Cc1ccc2nc(S(=O)c3sccc3-c3ccccn3)[nH]c2c1. The molecule has 0 saturated carbocycles. The van der Waals surface area contributed by atoms with Crippen LogP contribution >= 0.6 is 11.3 Å². The van der Waals surface area contributed by atoms with Crippen molar-refractivity contribution in [3.63, 3.8) is 0 Å². The highest BCUT2D eigenvalue weighted by atomic mass is 32.2. The van der Waals surface area contributed by atoms with E-state index in [1.807, 2.05) is 54.8 Å². The molecule has 6 heteroatoms. The van der Waals surface area contributed by atoms with Crippen LogP contribution in [-0.2, 0) is 10.8 Å². The van der Waals surface area contributed by atoms with Crippen molar-refractivity contribution in [2.45, 2.75) is 16.3 Å². The number of aryl methyl sites for hydroxylation is 1. The topological polar surface area (TPSA) is 58.6 Å². The highest BCUT2D eigenvalue weighted by Crippen LogP contribution is 2.32. The number of thiophene rings is 1. The van der Waals surface area contributed by atoms with E-state index in [9.17, 15) is 4.21 Å². The lowest BCUT2D eigenvalue weighted by molar-refractivity contribution is 0.679. The fraction of sp³-hybridized carbons (Fsp3) is 0.0588. The summed E-state index contributed by atoms with van der Waals surface area (Å²) >= 11 is 1.46. The molecule has 3 aromatic heterocycles. The van der Waals surface area contributed by atoms with E-state index < -0.39 is 10.8 Å². The zero-order chi connectivity index (χ0) is 15.8. The summed E-state index contributed by atoms with van der Waals surface area (Å²) in [6.45, 7) is 2.02. The van der Waals surface area contributed by atoms with Gasteiger partial charge in [0.2, 0.25) is 5.16 Å². The Hall–Kier alpha value is -2.31. The zero-order valence-corrected chi connectivity index (χ0v) is 13.9. The van der Waals surface area contributed by atoms with E-state index in [0.29, 0.717) is 5.16 Å². The highest BCUT2D eigenvalue weighted by Gasteiger charge is 2.19. The van der Waals surface area contributed by atoms with Gasteiger partial charge >= 0.3 is 0 Å². The molecule has 3 heterocycles. The Morgan fingerprint density at radius 2 is 2.09 bits per heavy atom. The predicted octanol–water partition coefficient (Wildman–Crippen LogP) is 4.16. The summed E-state index contributed by atoms with van der Waals surface area (Å²) in [6, 6.07) is 13.6. The number of aromatic nitrogens is 3. The maximum Gasteiger partial charge on any atom is 0.203 e. The lowest BCUT2D eigenvalue weighted by Crippen LogP contribution is -1.95. The Bertz CT molecular complexity index is 1010. The van der Waals surface area contributed by atoms with E-state index >= 15 is 0 Å². The standard InChI is InChI=1S/C17H13N3OS2/c1-11-5-6-14-15(10-11)20-17(19-14)23(21)16-12(7-9-22-16)13-4-2-3-8-18-13/h2-10H,1H3,(H,19,20). The van der Waals surface area contributed by atoms with Gasteiger partial charge in [-0.2, -0.15) is 0 Å². The molecular formula is C17H13N3OS2. The maximum atomic E-state index is 13.0. The van der Waals surface area contributed by atoms with Crippen molar-refractivity contribution in [3.05, 3.63) is 59.6 Å². The van der Waals surface area contributed by atoms with Gasteiger partial charge in [-0.15, -0.1) is 11.3 Å². The van der Waals surface area contributed by atoms with E-state index in [0.717, 1.165) is 32.1 Å². The third kappa shape index (κ3) is 2.60. The molecular weight excluding hydrogens is 326 g/mol. The molecule has 23 heavy (non-hydrogen) atoms. The second-order valence-corrected chi connectivity index (χ2v) is 7.67. The largest absolute Gasteiger partial charge is 0.331 e. The number of fused-ring (bicyclic) bond motifs is 1. The van der Waals surface area contributed by atoms with Crippen molar-refractivity contribution in [2.24, 2.45) is 0 Å². The summed E-state index contributed by atoms with van der Waals surface area (Å²) in [6.07, 6.45) is 1.74. The third-order valence-electron chi connectivity index (χ3n) is 3.53. The van der Waals surface area contributed by atoms with Gasteiger partial charge < -0.3 is 4.98 Å². The van der Waals surface area contributed by atoms with Crippen molar-refractivity contribution >= 4 is 33.2 Å². The molecule has 0 amide bonds. The van der Waals surface area contributed by atoms with E-state index in [1.165, 1.54) is 11.3 Å². The molecule has 4 nitrogen and oxygen atoms in total. The van der Waals surface area contributed by atoms with Crippen LogP contribution in [0.25, 0.3) is 22.3 Å². The molecule has 4 rings (SSSR count). The molecule has 0 bridgehead atoms. The van der Waals surface area contributed by atoms with Gasteiger partial charge in [0.05, 0.1) is 16.7 Å². The van der Waals surface area contributed by atoms with Gasteiger partial charge in [-0.1, -0.05) is 12.1 Å². The van der Waals surface area contributed by atoms with Crippen molar-refractivity contribution in [1.29, 1.82) is 0 Å². The van der Waals surface area contributed by atoms with Crippen LogP contribution in [0.5, 0.6) is 0 Å². The third-order valence-corrected chi connectivity index (χ3v) is 6.08. The molecule has 0 spiro atoms. The van der Waals surface area contributed by atoms with Gasteiger partial charge in [0.1, 0.15) is 15.0 Å². The molecule has 0 aliphatic carbocycles. The number of H-pyrrole nitrogens is 1. The Morgan fingerprint density at radius 1 is 1.17 bits per heavy atom. The van der Waals surface area contributed by atoms with Crippen LogP contribution in [0.15, 0.2) is 63.4 Å². The van der Waals surface area contributed by atoms with Gasteiger partial charge in [0.15, 0.2) is 0 Å². The molecule has 0 aliphatic rings. The monoisotopic (exact) mass is 339 g/mol. The first-order chi connectivity index (χ1) is 11.2. The minimum absolute atomic E-state index is 0.477. The number of hydrogen-bond donors (Lipinski definition) is 1. The summed E-state index contributed by atoms with van der Waals surface area (Å²) in [5.41, 5.74) is 4.59. The Kier molecular flexibility index (Phi) is 3.55. The fourth-order valence-corrected chi connectivity index (χ4v) is 4.74. The minimum Gasteiger partial charge on any atom is -0.331 e. The summed E-state index contributed by atoms with van der Waals surface area (Å²) < 4.78 is 13.7. The number of nitrogens with zero attached hydrogens (tertiary/aromatic N) is 2. The second kappa shape index (κ2) is 5.72. The molecule has 1 aromatic carbocycles. The average Bonchev–Trinajstić information content (AvgIpc) is 3.21. The highest BCUT2D eigenvalue weighted by molar-refractivity contribution is 7.87. The summed E-state index contributed by atoms with van der Waals surface area (Å²) in [7, 11) is -1.36. The summed E-state index contributed by atoms with van der Waals surface area (Å²) in [5.74, 6) is 0. The van der Waals surface area contributed by atoms with Crippen LogP contribution < -0.4 is 0 Å². The zero-order valence-electron chi connectivity index (χ0n) is 12.3. The Balaban J connectivity index is 1.79. The van der Waals surface area contributed by atoms with Crippen LogP contribution in [0.1, 0.15) is 5.56 Å². The molecule has 1 unspecified atom stereocenters. The quantitative estimate of drug-likeness (QED) is 0.610. The van der Waals surface area contributed by atoms with Gasteiger partial charge in [0, 0.05) is 11.8 Å². The molecule has 1 N–H and O–H groups in total. The van der Waals surface area contributed by atoms with Crippen molar-refractivity contribution in [2.75, 3.05) is 0 Å². The first-order valence-corrected chi connectivity index (χ1v) is 9.12. The molecule has 1 atom stereocenters. The van der Waals surface area contributed by atoms with Gasteiger partial charge in [0.25, 0.3) is 0 Å². The minimum atomic E-state index is -1.36. The number of imidazole rings is 1. The lowest BCUT2D eigenvalue weighted by atomic mass is 10.2. The van der Waals surface area contributed by atoms with Crippen molar-refractivity contribution in [1.82, 2.24) is 15.0 Å². The van der Waals surface area contributed by atoms with E-state index in [2.05, 4.69) is 15.0 Å². The molecule has 114 valence electrons. The number of nitrogens with one attached hydrogen (secondary N) is 1. The van der Waals surface area contributed by atoms with Crippen LogP contribution in [0, 0.1) is 6.92 Å². The molecule has 0 aliphatic heterocycles. The second-order valence-electron chi connectivity index (χ2n) is 5.17. The number of rotatable bonds is 3. The smallest absolute Gasteiger partial charge is 0.203 e. The Labute approximate surface area is 139 Å². The van der Waals surface area contributed by atoms with E-state index in [1.54, 1.807) is 6.20 Å². The lowest BCUT2D eigenvalue weighted by Gasteiger charge is -2.01.